The van der Waals surface area contributed by atoms with Crippen molar-refractivity contribution >= 4 is 11.6 Å². The smallest absolute Gasteiger partial charge is 0.291 e. The van der Waals surface area contributed by atoms with Crippen LogP contribution in [0.1, 0.15) is 21.9 Å². The molecule has 0 aliphatic rings. The van der Waals surface area contributed by atoms with E-state index in [1.54, 1.807) is 32.2 Å². The second-order valence-corrected chi connectivity index (χ2v) is 4.05. The molecule has 0 spiro atoms. The number of hydrogen-bond donors (Lipinski definition) is 1. The van der Waals surface area contributed by atoms with Crippen LogP contribution in [0.15, 0.2) is 34.7 Å². The number of furan rings is 1. The van der Waals surface area contributed by atoms with Crippen LogP contribution in [0.2, 0.25) is 0 Å². The number of carbonyl (C=O) groups excluding carboxylic acids is 1. The van der Waals surface area contributed by atoms with E-state index in [1.165, 1.54) is 0 Å². The largest absolute Gasteiger partial charge is 0.497 e. The van der Waals surface area contributed by atoms with Gasteiger partial charge < -0.3 is 14.5 Å². The Kier molecular flexibility index (Phi) is 3.37. The maximum atomic E-state index is 11.9. The summed E-state index contributed by atoms with van der Waals surface area (Å²) in [6.07, 6.45) is 0. The van der Waals surface area contributed by atoms with Gasteiger partial charge in [0.1, 0.15) is 11.5 Å². The molecule has 1 N–H and O–H groups in total. The van der Waals surface area contributed by atoms with Crippen molar-refractivity contribution in [2.45, 2.75) is 13.8 Å². The number of anilines is 1. The summed E-state index contributed by atoms with van der Waals surface area (Å²) in [6.45, 7) is 3.71. The van der Waals surface area contributed by atoms with Gasteiger partial charge in [0.25, 0.3) is 5.91 Å². The summed E-state index contributed by atoms with van der Waals surface area (Å²) in [6, 6.07) is 8.89. The molecule has 0 fully saturated rings. The van der Waals surface area contributed by atoms with Crippen molar-refractivity contribution in [3.63, 3.8) is 0 Å². The number of ether oxygens (including phenoxy) is 1. The molecule has 1 aromatic heterocycles. The molecule has 1 heterocycles. The lowest BCUT2D eigenvalue weighted by molar-refractivity contribution is 0.0995. The zero-order valence-corrected chi connectivity index (χ0v) is 10.6. The summed E-state index contributed by atoms with van der Waals surface area (Å²) in [5.41, 5.74) is 1.68. The van der Waals surface area contributed by atoms with E-state index in [2.05, 4.69) is 5.32 Å². The van der Waals surface area contributed by atoms with Crippen molar-refractivity contribution < 1.29 is 13.9 Å². The van der Waals surface area contributed by atoms with E-state index in [4.69, 9.17) is 9.15 Å². The molecule has 0 aliphatic carbocycles. The molecule has 2 aromatic rings. The Morgan fingerprint density at radius 2 is 2.00 bits per heavy atom. The van der Waals surface area contributed by atoms with Gasteiger partial charge in [-0.25, -0.2) is 0 Å². The van der Waals surface area contributed by atoms with Crippen LogP contribution in [0.25, 0.3) is 0 Å². The Balaban J connectivity index is 2.16. The molecule has 0 saturated heterocycles. The molecule has 0 radical (unpaired) electrons. The second kappa shape index (κ2) is 4.96. The minimum Gasteiger partial charge on any atom is -0.497 e. The van der Waals surface area contributed by atoms with E-state index >= 15 is 0 Å². The number of aryl methyl sites for hydroxylation is 2. The zero-order valence-electron chi connectivity index (χ0n) is 10.6. The summed E-state index contributed by atoms with van der Waals surface area (Å²) < 4.78 is 10.4. The van der Waals surface area contributed by atoms with Gasteiger partial charge in [0.15, 0.2) is 5.76 Å². The van der Waals surface area contributed by atoms with Gasteiger partial charge in [-0.15, -0.1) is 0 Å². The van der Waals surface area contributed by atoms with Crippen LogP contribution >= 0.6 is 0 Å². The number of nitrogens with one attached hydrogen (secondary N) is 1. The maximum absolute atomic E-state index is 11.9. The Hall–Kier alpha value is -2.23. The van der Waals surface area contributed by atoms with Crippen LogP contribution in [-0.4, -0.2) is 13.0 Å². The van der Waals surface area contributed by atoms with E-state index < -0.39 is 0 Å². The predicted molar refractivity (Wildman–Crippen MR) is 69.1 cm³/mol. The summed E-state index contributed by atoms with van der Waals surface area (Å²) in [7, 11) is 1.61. The SMILES string of the molecule is COc1ccc(NC(=O)c2ccc(C)o2)c(C)c1. The van der Waals surface area contributed by atoms with Crippen LogP contribution in [-0.2, 0) is 0 Å². The van der Waals surface area contributed by atoms with E-state index in [0.717, 1.165) is 17.0 Å². The fourth-order valence-corrected chi connectivity index (χ4v) is 1.64. The number of hydrogen-bond acceptors (Lipinski definition) is 3. The summed E-state index contributed by atoms with van der Waals surface area (Å²) in [5.74, 6) is 1.53. The lowest BCUT2D eigenvalue weighted by Crippen LogP contribution is -2.11. The van der Waals surface area contributed by atoms with Crippen LogP contribution in [0, 0.1) is 13.8 Å². The van der Waals surface area contributed by atoms with Crippen molar-refractivity contribution in [3.8, 4) is 5.75 Å². The lowest BCUT2D eigenvalue weighted by atomic mass is 10.2. The molecule has 0 saturated carbocycles. The molecule has 0 unspecified atom stereocenters. The third kappa shape index (κ3) is 2.53. The van der Waals surface area contributed by atoms with Gasteiger partial charge in [0.2, 0.25) is 0 Å². The van der Waals surface area contributed by atoms with Gasteiger partial charge in [0.05, 0.1) is 7.11 Å². The number of methoxy groups -OCH3 is 1. The van der Waals surface area contributed by atoms with Gasteiger partial charge >= 0.3 is 0 Å². The maximum Gasteiger partial charge on any atom is 0.291 e. The third-order valence-electron chi connectivity index (χ3n) is 2.65. The number of rotatable bonds is 3. The average molecular weight is 245 g/mol. The fourth-order valence-electron chi connectivity index (χ4n) is 1.64. The lowest BCUT2D eigenvalue weighted by Gasteiger charge is -2.08. The number of benzene rings is 1. The summed E-state index contributed by atoms with van der Waals surface area (Å²) in [4.78, 5) is 11.9. The number of amides is 1. The highest BCUT2D eigenvalue weighted by molar-refractivity contribution is 6.02. The molecule has 4 heteroatoms. The first-order chi connectivity index (χ1) is 8.60. The third-order valence-corrected chi connectivity index (χ3v) is 2.65. The van der Waals surface area contributed by atoms with Crippen LogP contribution in [0.4, 0.5) is 5.69 Å². The number of carbonyl (C=O) groups is 1. The molecule has 0 aliphatic heterocycles. The summed E-state index contributed by atoms with van der Waals surface area (Å²) in [5, 5.41) is 2.80. The molecule has 1 aromatic carbocycles. The van der Waals surface area contributed by atoms with Gasteiger partial charge in [0, 0.05) is 5.69 Å². The predicted octanol–water partition coefficient (Wildman–Crippen LogP) is 3.16. The Bertz CT molecular complexity index is 572. The van der Waals surface area contributed by atoms with E-state index in [-0.39, 0.29) is 5.91 Å². The first kappa shape index (κ1) is 12.2. The monoisotopic (exact) mass is 245 g/mol. The Morgan fingerprint density at radius 1 is 1.22 bits per heavy atom. The minimum atomic E-state index is -0.253. The molecule has 0 atom stereocenters. The highest BCUT2D eigenvalue weighted by atomic mass is 16.5. The molecule has 0 bridgehead atoms. The Morgan fingerprint density at radius 3 is 2.56 bits per heavy atom. The van der Waals surface area contributed by atoms with Crippen molar-refractivity contribution in [1.82, 2.24) is 0 Å². The van der Waals surface area contributed by atoms with Crippen LogP contribution in [0.5, 0.6) is 5.75 Å². The molecule has 4 nitrogen and oxygen atoms in total. The molecule has 94 valence electrons. The Labute approximate surface area is 106 Å². The van der Waals surface area contributed by atoms with Crippen molar-refractivity contribution in [2.75, 3.05) is 12.4 Å². The van der Waals surface area contributed by atoms with E-state index in [1.807, 2.05) is 19.1 Å². The average Bonchev–Trinajstić information content (AvgIpc) is 2.78. The molecule has 1 amide bonds. The van der Waals surface area contributed by atoms with Gasteiger partial charge in [-0.1, -0.05) is 0 Å². The minimum absolute atomic E-state index is 0.253. The first-order valence-corrected chi connectivity index (χ1v) is 5.62. The van der Waals surface area contributed by atoms with Crippen molar-refractivity contribution in [1.29, 1.82) is 0 Å². The van der Waals surface area contributed by atoms with Crippen LogP contribution in [0.3, 0.4) is 0 Å². The highest BCUT2D eigenvalue weighted by Gasteiger charge is 2.11. The molecular weight excluding hydrogens is 230 g/mol. The van der Waals surface area contributed by atoms with Gasteiger partial charge in [-0.3, -0.25) is 4.79 Å². The molecule has 2 rings (SSSR count). The quantitative estimate of drug-likeness (QED) is 0.903. The van der Waals surface area contributed by atoms with E-state index in [9.17, 15) is 4.79 Å². The van der Waals surface area contributed by atoms with Gasteiger partial charge in [-0.05, 0) is 49.7 Å². The highest BCUT2D eigenvalue weighted by Crippen LogP contribution is 2.21. The van der Waals surface area contributed by atoms with Crippen LogP contribution < -0.4 is 10.1 Å². The first-order valence-electron chi connectivity index (χ1n) is 5.62. The molecule has 18 heavy (non-hydrogen) atoms. The van der Waals surface area contributed by atoms with Crippen molar-refractivity contribution in [2.24, 2.45) is 0 Å². The van der Waals surface area contributed by atoms with Gasteiger partial charge in [-0.2, -0.15) is 0 Å². The van der Waals surface area contributed by atoms with Crippen molar-refractivity contribution in [3.05, 3.63) is 47.4 Å². The normalized spacial score (nSPS) is 10.2. The fraction of sp³-hybridized carbons (Fsp3) is 0.214. The summed E-state index contributed by atoms with van der Waals surface area (Å²) >= 11 is 0. The topological polar surface area (TPSA) is 51.5 Å². The molecular formula is C14H15NO3. The second-order valence-electron chi connectivity index (χ2n) is 4.05. The zero-order chi connectivity index (χ0) is 13.1. The van der Waals surface area contributed by atoms with E-state index in [0.29, 0.717) is 11.5 Å². The standard InChI is InChI=1S/C14H15NO3/c1-9-8-11(17-3)5-6-12(9)15-14(16)13-7-4-10(2)18-13/h4-8H,1-3H3,(H,15,16).